The van der Waals surface area contributed by atoms with Crippen molar-refractivity contribution in [3.63, 3.8) is 0 Å². The normalized spacial score (nSPS) is 9.06. The summed E-state index contributed by atoms with van der Waals surface area (Å²) < 4.78 is 0. The van der Waals surface area contributed by atoms with Crippen molar-refractivity contribution < 1.29 is 0 Å². The van der Waals surface area contributed by atoms with Crippen LogP contribution in [-0.4, -0.2) is 19.3 Å². The molecule has 0 spiro atoms. The van der Waals surface area contributed by atoms with Gasteiger partial charge >= 0.3 is 0 Å². The zero-order valence-electron chi connectivity index (χ0n) is 11.8. The third-order valence-corrected chi connectivity index (χ3v) is 2.04. The zero-order chi connectivity index (χ0) is 14.2. The Balaban J connectivity index is 0. The van der Waals surface area contributed by atoms with E-state index in [0.29, 0.717) is 0 Å². The van der Waals surface area contributed by atoms with E-state index in [9.17, 15) is 0 Å². The quantitative estimate of drug-likeness (QED) is 0.606. The van der Waals surface area contributed by atoms with Crippen molar-refractivity contribution in [2.45, 2.75) is 39.3 Å². The maximum absolute atomic E-state index is 5.36. The van der Waals surface area contributed by atoms with Gasteiger partial charge in [-0.3, -0.25) is 0 Å². The molecule has 0 atom stereocenters. The summed E-state index contributed by atoms with van der Waals surface area (Å²) >= 11 is 0. The predicted molar refractivity (Wildman–Crippen MR) is 81.0 cm³/mol. The summed E-state index contributed by atoms with van der Waals surface area (Å²) in [5.74, 6) is 0. The van der Waals surface area contributed by atoms with Crippen molar-refractivity contribution in [2.24, 2.45) is 22.9 Å². The molecule has 0 unspecified atom stereocenters. The van der Waals surface area contributed by atoms with Gasteiger partial charge in [-0.1, -0.05) is 44.2 Å². The van der Waals surface area contributed by atoms with E-state index in [4.69, 9.17) is 22.9 Å². The van der Waals surface area contributed by atoms with E-state index < -0.39 is 0 Å². The zero-order valence-corrected chi connectivity index (χ0v) is 11.8. The van der Waals surface area contributed by atoms with Crippen LogP contribution in [-0.2, 0) is 6.42 Å². The number of nitrogens with two attached hydrogens (primary N) is 4. The van der Waals surface area contributed by atoms with Crippen LogP contribution in [0.5, 0.6) is 0 Å². The molecule has 0 saturated carbocycles. The van der Waals surface area contributed by atoms with Gasteiger partial charge in [0.1, 0.15) is 0 Å². The van der Waals surface area contributed by atoms with Gasteiger partial charge in [-0.25, -0.2) is 0 Å². The molecule has 106 valence electrons. The van der Waals surface area contributed by atoms with Gasteiger partial charge in [-0.05, 0) is 37.9 Å². The van der Waals surface area contributed by atoms with Crippen molar-refractivity contribution >= 4 is 0 Å². The average Bonchev–Trinajstić information content (AvgIpc) is 2.41. The summed E-state index contributed by atoms with van der Waals surface area (Å²) in [6.45, 7) is 5.56. The molecule has 1 aromatic rings. The van der Waals surface area contributed by atoms with Crippen LogP contribution in [0.4, 0.5) is 0 Å². The molecule has 0 aromatic heterocycles. The molecule has 8 N–H and O–H groups in total. The van der Waals surface area contributed by atoms with Crippen LogP contribution in [0.25, 0.3) is 0 Å². The van der Waals surface area contributed by atoms with Crippen molar-refractivity contribution in [2.75, 3.05) is 13.1 Å². The Morgan fingerprint density at radius 1 is 0.944 bits per heavy atom. The summed E-state index contributed by atoms with van der Waals surface area (Å²) in [5, 5.41) is 0. The van der Waals surface area contributed by atoms with Crippen molar-refractivity contribution in [1.82, 2.24) is 0 Å². The molecule has 0 amide bonds. The van der Waals surface area contributed by atoms with Crippen molar-refractivity contribution in [3.8, 4) is 0 Å². The average molecular weight is 254 g/mol. The van der Waals surface area contributed by atoms with Gasteiger partial charge in [0.2, 0.25) is 0 Å². The molecular formula is C14H30N4. The first-order valence-corrected chi connectivity index (χ1v) is 6.57. The Kier molecular flexibility index (Phi) is 17.3. The van der Waals surface area contributed by atoms with E-state index in [1.54, 1.807) is 0 Å². The third kappa shape index (κ3) is 17.5. The first kappa shape index (κ1) is 19.4. The molecule has 0 aliphatic rings. The lowest BCUT2D eigenvalue weighted by Gasteiger charge is -1.93. The summed E-state index contributed by atoms with van der Waals surface area (Å²) in [4.78, 5) is 0. The monoisotopic (exact) mass is 254 g/mol. The van der Waals surface area contributed by atoms with Gasteiger partial charge in [-0.15, -0.1) is 0 Å². The molecule has 0 saturated heterocycles. The van der Waals surface area contributed by atoms with Gasteiger partial charge in [0, 0.05) is 0 Å². The van der Waals surface area contributed by atoms with E-state index in [2.05, 4.69) is 19.1 Å². The van der Waals surface area contributed by atoms with E-state index in [1.165, 1.54) is 5.56 Å². The minimum Gasteiger partial charge on any atom is -0.330 e. The second-order valence-corrected chi connectivity index (χ2v) is 3.89. The van der Waals surface area contributed by atoms with Gasteiger partial charge in [0.15, 0.2) is 0 Å². The van der Waals surface area contributed by atoms with Gasteiger partial charge in [0.05, 0.1) is 6.17 Å². The van der Waals surface area contributed by atoms with E-state index in [-0.39, 0.29) is 6.17 Å². The number of hydrogen-bond donors (Lipinski definition) is 4. The van der Waals surface area contributed by atoms with E-state index in [0.717, 1.165) is 32.4 Å². The van der Waals surface area contributed by atoms with Crippen LogP contribution in [0.15, 0.2) is 30.3 Å². The van der Waals surface area contributed by atoms with Crippen LogP contribution in [0.3, 0.4) is 0 Å². The lowest BCUT2D eigenvalue weighted by Crippen LogP contribution is -2.28. The molecule has 0 fully saturated rings. The van der Waals surface area contributed by atoms with Gasteiger partial charge < -0.3 is 22.9 Å². The summed E-state index contributed by atoms with van der Waals surface area (Å²) in [6.07, 6.45) is 2.83. The molecule has 0 aliphatic carbocycles. The number of rotatable bonds is 4. The van der Waals surface area contributed by atoms with Crippen molar-refractivity contribution in [1.29, 1.82) is 0 Å². The van der Waals surface area contributed by atoms with Crippen LogP contribution < -0.4 is 22.9 Å². The van der Waals surface area contributed by atoms with Crippen LogP contribution >= 0.6 is 0 Å². The Morgan fingerprint density at radius 2 is 1.39 bits per heavy atom. The SMILES string of the molecule is CCC(N)N.CCCN.NCCc1ccccc1. The fraction of sp³-hybridized carbons (Fsp3) is 0.571. The smallest absolute Gasteiger partial charge is 0.0518 e. The maximum Gasteiger partial charge on any atom is 0.0518 e. The highest BCUT2D eigenvalue weighted by Gasteiger charge is 1.84. The van der Waals surface area contributed by atoms with E-state index >= 15 is 0 Å². The molecular weight excluding hydrogens is 224 g/mol. The lowest BCUT2D eigenvalue weighted by atomic mass is 10.2. The first-order chi connectivity index (χ1) is 8.62. The van der Waals surface area contributed by atoms with Crippen LogP contribution in [0.1, 0.15) is 32.3 Å². The molecule has 0 heterocycles. The summed E-state index contributed by atoms with van der Waals surface area (Å²) in [5.41, 5.74) is 21.8. The third-order valence-electron chi connectivity index (χ3n) is 2.04. The lowest BCUT2D eigenvalue weighted by molar-refractivity contribution is 0.682. The predicted octanol–water partition coefficient (Wildman–Crippen LogP) is 1.18. The molecule has 0 bridgehead atoms. The molecule has 4 heteroatoms. The highest BCUT2D eigenvalue weighted by molar-refractivity contribution is 5.14. The molecule has 4 nitrogen and oxygen atoms in total. The largest absolute Gasteiger partial charge is 0.330 e. The number of benzene rings is 1. The molecule has 0 aliphatic heterocycles. The molecule has 0 radical (unpaired) electrons. The number of hydrogen-bond acceptors (Lipinski definition) is 4. The Bertz CT molecular complexity index is 235. The summed E-state index contributed by atoms with van der Waals surface area (Å²) in [6, 6.07) is 10.3. The topological polar surface area (TPSA) is 104 Å². The Hall–Kier alpha value is -0.940. The molecule has 1 aromatic carbocycles. The molecule has 18 heavy (non-hydrogen) atoms. The van der Waals surface area contributed by atoms with Crippen molar-refractivity contribution in [3.05, 3.63) is 35.9 Å². The van der Waals surface area contributed by atoms with Gasteiger partial charge in [-0.2, -0.15) is 0 Å². The van der Waals surface area contributed by atoms with E-state index in [1.807, 2.05) is 25.1 Å². The fourth-order valence-electron chi connectivity index (χ4n) is 0.811. The standard InChI is InChI=1S/C8H11N.C3H10N2.C3H9N/c9-7-6-8-4-2-1-3-5-8;1-2-3(4)5;1-2-3-4/h1-5H,6-7,9H2;3H,2,4-5H2,1H3;2-4H2,1H3. The minimum atomic E-state index is -0.116. The minimum absolute atomic E-state index is 0.116. The first-order valence-electron chi connectivity index (χ1n) is 6.57. The second kappa shape index (κ2) is 16.1. The highest BCUT2D eigenvalue weighted by Crippen LogP contribution is 1.96. The fourth-order valence-corrected chi connectivity index (χ4v) is 0.811. The van der Waals surface area contributed by atoms with Crippen LogP contribution in [0.2, 0.25) is 0 Å². The van der Waals surface area contributed by atoms with Crippen LogP contribution in [0, 0.1) is 0 Å². The second-order valence-electron chi connectivity index (χ2n) is 3.89. The van der Waals surface area contributed by atoms with Gasteiger partial charge in [0.25, 0.3) is 0 Å². The highest BCUT2D eigenvalue weighted by atomic mass is 14.8. The Morgan fingerprint density at radius 3 is 1.67 bits per heavy atom. The summed E-state index contributed by atoms with van der Waals surface area (Å²) in [7, 11) is 0. The Labute approximate surface area is 112 Å². The maximum atomic E-state index is 5.36. The molecule has 1 rings (SSSR count).